The van der Waals surface area contributed by atoms with Crippen LogP contribution in [-0.4, -0.2) is 33.7 Å². The van der Waals surface area contributed by atoms with Gasteiger partial charge in [0.05, 0.1) is 17.0 Å². The fourth-order valence-corrected chi connectivity index (χ4v) is 3.63. The predicted molar refractivity (Wildman–Crippen MR) is 98.7 cm³/mol. The Bertz CT molecular complexity index is 924. The number of fused-ring (bicyclic) bond motifs is 1. The maximum Gasteiger partial charge on any atom is 0.306 e. The van der Waals surface area contributed by atoms with Gasteiger partial charge in [0.25, 0.3) is 0 Å². The number of benzene rings is 2. The molecule has 0 amide bonds. The number of aliphatic carboxylic acids is 1. The number of carbonyl (C=O) groups is 1. The van der Waals surface area contributed by atoms with Crippen molar-refractivity contribution in [2.45, 2.75) is 12.8 Å². The van der Waals surface area contributed by atoms with E-state index in [9.17, 15) is 4.79 Å². The molecule has 4 rings (SSSR count). The van der Waals surface area contributed by atoms with E-state index in [0.717, 1.165) is 41.2 Å². The maximum absolute atomic E-state index is 11.1. The molecule has 0 aliphatic carbocycles. The van der Waals surface area contributed by atoms with Gasteiger partial charge in [-0.05, 0) is 37.1 Å². The molecule has 3 aromatic rings. The lowest BCUT2D eigenvalue weighted by molar-refractivity contribution is -0.142. The van der Waals surface area contributed by atoms with E-state index in [0.29, 0.717) is 12.8 Å². The highest BCUT2D eigenvalue weighted by molar-refractivity contribution is 5.81. The number of anilines is 1. The Morgan fingerprint density at radius 2 is 1.88 bits per heavy atom. The highest BCUT2D eigenvalue weighted by Crippen LogP contribution is 2.29. The van der Waals surface area contributed by atoms with Gasteiger partial charge in [0.15, 0.2) is 0 Å². The van der Waals surface area contributed by atoms with Gasteiger partial charge in [-0.15, -0.1) is 0 Å². The summed E-state index contributed by atoms with van der Waals surface area (Å²) in [6, 6.07) is 16.5. The average Bonchev–Trinajstić information content (AvgIpc) is 2.99. The van der Waals surface area contributed by atoms with E-state index in [1.807, 2.05) is 31.3 Å². The number of aryl methyl sites for hydroxylation is 1. The molecule has 1 aromatic heterocycles. The summed E-state index contributed by atoms with van der Waals surface area (Å²) in [5.41, 5.74) is 4.32. The molecule has 0 saturated carbocycles. The molecule has 0 atom stereocenters. The van der Waals surface area contributed by atoms with Crippen LogP contribution in [0.4, 0.5) is 5.69 Å². The second-order valence-electron chi connectivity index (χ2n) is 6.63. The summed E-state index contributed by atoms with van der Waals surface area (Å²) in [6.45, 7) is 1.56. The van der Waals surface area contributed by atoms with Crippen LogP contribution in [0, 0.1) is 5.92 Å². The van der Waals surface area contributed by atoms with Crippen molar-refractivity contribution in [3.8, 4) is 11.4 Å². The van der Waals surface area contributed by atoms with Crippen molar-refractivity contribution < 1.29 is 9.90 Å². The minimum atomic E-state index is -0.673. The van der Waals surface area contributed by atoms with Gasteiger partial charge in [-0.1, -0.05) is 24.3 Å². The second-order valence-corrected chi connectivity index (χ2v) is 6.63. The minimum absolute atomic E-state index is 0.209. The van der Waals surface area contributed by atoms with Crippen LogP contribution in [-0.2, 0) is 11.8 Å². The third-order valence-corrected chi connectivity index (χ3v) is 5.10. The normalized spacial score (nSPS) is 15.6. The molecular formula is C20H21N3O2. The lowest BCUT2D eigenvalue weighted by Crippen LogP contribution is -2.36. The molecule has 1 N–H and O–H groups in total. The van der Waals surface area contributed by atoms with E-state index < -0.39 is 5.97 Å². The first-order chi connectivity index (χ1) is 12.1. The second kappa shape index (κ2) is 6.24. The summed E-state index contributed by atoms with van der Waals surface area (Å²) in [5.74, 6) is 0.0656. The molecule has 0 unspecified atom stereocenters. The largest absolute Gasteiger partial charge is 0.481 e. The lowest BCUT2D eigenvalue weighted by Gasteiger charge is -2.32. The van der Waals surface area contributed by atoms with Gasteiger partial charge in [0.1, 0.15) is 5.82 Å². The Hall–Kier alpha value is -2.82. The van der Waals surface area contributed by atoms with Gasteiger partial charge in [-0.2, -0.15) is 0 Å². The number of imidazole rings is 1. The zero-order valence-corrected chi connectivity index (χ0v) is 14.2. The number of carboxylic acid groups (broad SMARTS) is 1. The number of nitrogens with zero attached hydrogens (tertiary/aromatic N) is 3. The van der Waals surface area contributed by atoms with E-state index in [1.54, 1.807) is 0 Å². The van der Waals surface area contributed by atoms with Crippen LogP contribution >= 0.6 is 0 Å². The van der Waals surface area contributed by atoms with Gasteiger partial charge >= 0.3 is 5.97 Å². The predicted octanol–water partition coefficient (Wildman–Crippen LogP) is 3.54. The minimum Gasteiger partial charge on any atom is -0.481 e. The molecule has 5 heteroatoms. The quantitative estimate of drug-likeness (QED) is 0.795. The third-order valence-electron chi connectivity index (χ3n) is 5.10. The topological polar surface area (TPSA) is 58.4 Å². The zero-order valence-electron chi connectivity index (χ0n) is 14.2. The van der Waals surface area contributed by atoms with E-state index >= 15 is 0 Å². The maximum atomic E-state index is 11.1. The Labute approximate surface area is 146 Å². The van der Waals surface area contributed by atoms with Crippen molar-refractivity contribution in [1.82, 2.24) is 9.55 Å². The molecule has 1 aliphatic rings. The van der Waals surface area contributed by atoms with Crippen molar-refractivity contribution in [2.24, 2.45) is 13.0 Å². The molecule has 0 bridgehead atoms. The zero-order chi connectivity index (χ0) is 17.4. The molecular weight excluding hydrogens is 314 g/mol. The Morgan fingerprint density at radius 3 is 2.60 bits per heavy atom. The van der Waals surface area contributed by atoms with Gasteiger partial charge in [-0.3, -0.25) is 4.79 Å². The van der Waals surface area contributed by atoms with Gasteiger partial charge in [0.2, 0.25) is 0 Å². The van der Waals surface area contributed by atoms with E-state index in [1.165, 1.54) is 0 Å². The van der Waals surface area contributed by atoms with Crippen LogP contribution in [0.25, 0.3) is 22.4 Å². The summed E-state index contributed by atoms with van der Waals surface area (Å²) in [4.78, 5) is 18.2. The van der Waals surface area contributed by atoms with Gasteiger partial charge in [0, 0.05) is 31.4 Å². The molecule has 1 aliphatic heterocycles. The number of aromatic nitrogens is 2. The fraction of sp³-hybridized carbons (Fsp3) is 0.300. The number of rotatable bonds is 3. The number of hydrogen-bond acceptors (Lipinski definition) is 3. The van der Waals surface area contributed by atoms with Crippen molar-refractivity contribution >= 4 is 22.7 Å². The van der Waals surface area contributed by atoms with Crippen molar-refractivity contribution in [2.75, 3.05) is 18.0 Å². The highest BCUT2D eigenvalue weighted by Gasteiger charge is 2.24. The fourth-order valence-electron chi connectivity index (χ4n) is 3.63. The SMILES string of the molecule is Cn1c(-c2cccc(N3CCC(C(=O)O)CC3)c2)nc2ccccc21. The molecule has 0 spiro atoms. The molecule has 1 saturated heterocycles. The number of hydrogen-bond donors (Lipinski definition) is 1. The number of piperidine rings is 1. The van der Waals surface area contributed by atoms with Gasteiger partial charge in [-0.25, -0.2) is 4.98 Å². The molecule has 25 heavy (non-hydrogen) atoms. The van der Waals surface area contributed by atoms with Crippen LogP contribution in [0.15, 0.2) is 48.5 Å². The van der Waals surface area contributed by atoms with Crippen LogP contribution in [0.5, 0.6) is 0 Å². The smallest absolute Gasteiger partial charge is 0.306 e. The molecule has 0 radical (unpaired) electrons. The first kappa shape index (κ1) is 15.7. The van der Waals surface area contributed by atoms with E-state index in [-0.39, 0.29) is 5.92 Å². The van der Waals surface area contributed by atoms with Crippen molar-refractivity contribution in [3.63, 3.8) is 0 Å². The van der Waals surface area contributed by atoms with E-state index in [4.69, 9.17) is 10.1 Å². The van der Waals surface area contributed by atoms with Crippen molar-refractivity contribution in [3.05, 3.63) is 48.5 Å². The first-order valence-electron chi connectivity index (χ1n) is 8.63. The van der Waals surface area contributed by atoms with Gasteiger partial charge < -0.3 is 14.6 Å². The molecule has 5 nitrogen and oxygen atoms in total. The molecule has 1 fully saturated rings. The van der Waals surface area contributed by atoms with Crippen LogP contribution in [0.3, 0.4) is 0 Å². The summed E-state index contributed by atoms with van der Waals surface area (Å²) in [6.07, 6.45) is 1.40. The van der Waals surface area contributed by atoms with Crippen LogP contribution < -0.4 is 4.90 Å². The summed E-state index contributed by atoms with van der Waals surface area (Å²) in [7, 11) is 2.04. The summed E-state index contributed by atoms with van der Waals surface area (Å²) < 4.78 is 2.12. The third kappa shape index (κ3) is 2.86. The molecule has 128 valence electrons. The molecule has 2 aromatic carbocycles. The first-order valence-corrected chi connectivity index (χ1v) is 8.63. The number of carboxylic acids is 1. The average molecular weight is 335 g/mol. The summed E-state index contributed by atoms with van der Waals surface area (Å²) >= 11 is 0. The highest BCUT2D eigenvalue weighted by atomic mass is 16.4. The summed E-state index contributed by atoms with van der Waals surface area (Å²) in [5, 5.41) is 9.16. The van der Waals surface area contributed by atoms with E-state index in [2.05, 4.69) is 33.7 Å². The molecule has 2 heterocycles. The standard InChI is InChI=1S/C20H21N3O2/c1-22-18-8-3-2-7-17(18)21-19(22)15-5-4-6-16(13-15)23-11-9-14(10-12-23)20(24)25/h2-8,13-14H,9-12H2,1H3,(H,24,25). The Morgan fingerprint density at radius 1 is 1.12 bits per heavy atom. The van der Waals surface area contributed by atoms with Crippen LogP contribution in [0.1, 0.15) is 12.8 Å². The lowest BCUT2D eigenvalue weighted by atomic mass is 9.96. The van der Waals surface area contributed by atoms with Crippen molar-refractivity contribution in [1.29, 1.82) is 0 Å². The Kier molecular flexibility index (Phi) is 3.92. The Balaban J connectivity index is 1.63. The monoisotopic (exact) mass is 335 g/mol. The van der Waals surface area contributed by atoms with Crippen LogP contribution in [0.2, 0.25) is 0 Å². The number of para-hydroxylation sites is 2.